The van der Waals surface area contributed by atoms with Crippen molar-refractivity contribution >= 4 is 23.0 Å². The zero-order valence-corrected chi connectivity index (χ0v) is 12.1. The Morgan fingerprint density at radius 3 is 2.86 bits per heavy atom. The maximum Gasteiger partial charge on any atom is 0.134 e. The minimum Gasteiger partial charge on any atom is -0.508 e. The average Bonchev–Trinajstić information content (AvgIpc) is 3.16. The topological polar surface area (TPSA) is 92.9 Å². The number of H-pyrrole nitrogens is 1. The highest BCUT2D eigenvalue weighted by Gasteiger charge is 2.12. The molecule has 0 spiro atoms. The number of hydrogen-bond donors (Lipinski definition) is 3. The Kier molecular flexibility index (Phi) is 3.64. The number of phenols is 2. The van der Waals surface area contributed by atoms with Crippen LogP contribution in [0.2, 0.25) is 0 Å². The van der Waals surface area contributed by atoms with Gasteiger partial charge in [-0.25, -0.2) is 4.98 Å². The molecule has 3 aromatic rings. The summed E-state index contributed by atoms with van der Waals surface area (Å²) in [4.78, 5) is 7.40. The monoisotopic (exact) mass is 309 g/mol. The second-order valence-corrected chi connectivity index (χ2v) is 5.39. The SMILES string of the molecule is N#CC(=Cc1ccc[nH]1)c1nc(-c2ccc(O)cc2O)cs1. The third kappa shape index (κ3) is 2.71. The molecule has 0 saturated carbocycles. The highest BCUT2D eigenvalue weighted by molar-refractivity contribution is 7.11. The maximum atomic E-state index is 9.88. The van der Waals surface area contributed by atoms with E-state index in [0.29, 0.717) is 21.8 Å². The van der Waals surface area contributed by atoms with Crippen molar-refractivity contribution in [1.29, 1.82) is 5.26 Å². The molecule has 2 heterocycles. The number of nitrogens with one attached hydrogen (secondary N) is 1. The summed E-state index contributed by atoms with van der Waals surface area (Å²) in [7, 11) is 0. The Morgan fingerprint density at radius 2 is 2.18 bits per heavy atom. The fraction of sp³-hybridized carbons (Fsp3) is 0. The number of hydrogen-bond acceptors (Lipinski definition) is 5. The molecule has 0 aliphatic rings. The van der Waals surface area contributed by atoms with Crippen molar-refractivity contribution in [1.82, 2.24) is 9.97 Å². The van der Waals surface area contributed by atoms with Gasteiger partial charge in [0.15, 0.2) is 0 Å². The fourth-order valence-corrected chi connectivity index (χ4v) is 2.77. The van der Waals surface area contributed by atoms with Gasteiger partial charge in [0, 0.05) is 28.9 Å². The molecule has 22 heavy (non-hydrogen) atoms. The van der Waals surface area contributed by atoms with E-state index in [9.17, 15) is 15.5 Å². The molecule has 108 valence electrons. The second-order valence-electron chi connectivity index (χ2n) is 4.53. The van der Waals surface area contributed by atoms with E-state index in [1.165, 1.54) is 23.5 Å². The number of aromatic amines is 1. The normalized spacial score (nSPS) is 11.3. The molecule has 0 bridgehead atoms. The van der Waals surface area contributed by atoms with E-state index in [4.69, 9.17) is 0 Å². The van der Waals surface area contributed by atoms with Crippen molar-refractivity contribution in [2.45, 2.75) is 0 Å². The molecular weight excluding hydrogens is 298 g/mol. The molecule has 6 heteroatoms. The molecule has 0 fully saturated rings. The number of nitrogens with zero attached hydrogens (tertiary/aromatic N) is 2. The highest BCUT2D eigenvalue weighted by Crippen LogP contribution is 2.34. The number of aromatic nitrogens is 2. The summed E-state index contributed by atoms with van der Waals surface area (Å²) in [6, 6.07) is 10.2. The van der Waals surface area contributed by atoms with Gasteiger partial charge in [0.1, 0.15) is 22.6 Å². The van der Waals surface area contributed by atoms with E-state index in [1.54, 1.807) is 23.7 Å². The number of nitriles is 1. The maximum absolute atomic E-state index is 9.88. The molecule has 0 unspecified atom stereocenters. The minimum absolute atomic E-state index is 0.0129. The summed E-state index contributed by atoms with van der Waals surface area (Å²) in [5.41, 5.74) is 2.33. The Morgan fingerprint density at radius 1 is 1.32 bits per heavy atom. The molecule has 0 saturated heterocycles. The lowest BCUT2D eigenvalue weighted by atomic mass is 10.1. The summed E-state index contributed by atoms with van der Waals surface area (Å²) in [6.45, 7) is 0. The van der Waals surface area contributed by atoms with Gasteiger partial charge < -0.3 is 15.2 Å². The van der Waals surface area contributed by atoms with Gasteiger partial charge in [-0.05, 0) is 30.3 Å². The molecule has 2 aromatic heterocycles. The molecule has 5 nitrogen and oxygen atoms in total. The van der Waals surface area contributed by atoms with Gasteiger partial charge >= 0.3 is 0 Å². The molecule has 0 radical (unpaired) electrons. The van der Waals surface area contributed by atoms with Gasteiger partial charge in [-0.3, -0.25) is 0 Å². The van der Waals surface area contributed by atoms with Crippen LogP contribution in [0.5, 0.6) is 11.5 Å². The largest absolute Gasteiger partial charge is 0.508 e. The van der Waals surface area contributed by atoms with Crippen LogP contribution >= 0.6 is 11.3 Å². The lowest BCUT2D eigenvalue weighted by molar-refractivity contribution is 0.452. The van der Waals surface area contributed by atoms with Crippen LogP contribution in [-0.2, 0) is 0 Å². The van der Waals surface area contributed by atoms with Crippen LogP contribution in [-0.4, -0.2) is 20.2 Å². The van der Waals surface area contributed by atoms with Gasteiger partial charge in [-0.1, -0.05) is 0 Å². The molecule has 0 amide bonds. The van der Waals surface area contributed by atoms with Gasteiger partial charge in [-0.15, -0.1) is 11.3 Å². The first-order chi connectivity index (χ1) is 10.7. The molecule has 1 aromatic carbocycles. The van der Waals surface area contributed by atoms with Crippen molar-refractivity contribution in [2.75, 3.05) is 0 Å². The number of benzene rings is 1. The van der Waals surface area contributed by atoms with Crippen LogP contribution in [0.25, 0.3) is 22.9 Å². The standard InChI is InChI=1S/C16H11N3O2S/c17-8-10(6-11-2-1-5-18-11)16-19-14(9-22-16)13-4-3-12(20)7-15(13)21/h1-7,9,18,20-21H. The third-order valence-corrected chi connectivity index (χ3v) is 3.91. The van der Waals surface area contributed by atoms with Crippen LogP contribution in [0, 0.1) is 11.3 Å². The van der Waals surface area contributed by atoms with Crippen molar-refractivity contribution in [3.63, 3.8) is 0 Å². The van der Waals surface area contributed by atoms with Crippen LogP contribution < -0.4 is 0 Å². The van der Waals surface area contributed by atoms with E-state index in [1.807, 2.05) is 12.1 Å². The predicted octanol–water partition coefficient (Wildman–Crippen LogP) is 3.61. The highest BCUT2D eigenvalue weighted by atomic mass is 32.1. The van der Waals surface area contributed by atoms with Crippen LogP contribution in [0.1, 0.15) is 10.7 Å². The molecule has 3 N–H and O–H groups in total. The first-order valence-electron chi connectivity index (χ1n) is 6.41. The number of aromatic hydroxyl groups is 2. The van der Waals surface area contributed by atoms with E-state index >= 15 is 0 Å². The first kappa shape index (κ1) is 13.9. The van der Waals surface area contributed by atoms with Crippen molar-refractivity contribution in [3.05, 3.63) is 52.6 Å². The summed E-state index contributed by atoms with van der Waals surface area (Å²) in [5, 5.41) is 30.8. The number of rotatable bonds is 3. The molecule has 0 aliphatic carbocycles. The van der Waals surface area contributed by atoms with Crippen molar-refractivity contribution in [2.24, 2.45) is 0 Å². The molecule has 0 atom stereocenters. The summed E-state index contributed by atoms with van der Waals surface area (Å²) < 4.78 is 0. The van der Waals surface area contributed by atoms with Crippen LogP contribution in [0.15, 0.2) is 41.9 Å². The quantitative estimate of drug-likeness (QED) is 0.644. The van der Waals surface area contributed by atoms with E-state index in [0.717, 1.165) is 5.69 Å². The lowest BCUT2D eigenvalue weighted by Crippen LogP contribution is -1.83. The van der Waals surface area contributed by atoms with Crippen molar-refractivity contribution in [3.8, 4) is 28.8 Å². The fourth-order valence-electron chi connectivity index (χ4n) is 1.99. The Labute approximate surface area is 130 Å². The Balaban J connectivity index is 1.98. The third-order valence-electron chi connectivity index (χ3n) is 3.03. The number of phenolic OH excluding ortho intramolecular Hbond substituents is 2. The van der Waals surface area contributed by atoms with Gasteiger partial charge in [0.25, 0.3) is 0 Å². The molecular formula is C16H11N3O2S. The number of allylic oxidation sites excluding steroid dienone is 1. The smallest absolute Gasteiger partial charge is 0.134 e. The van der Waals surface area contributed by atoms with Crippen LogP contribution in [0.3, 0.4) is 0 Å². The van der Waals surface area contributed by atoms with Gasteiger partial charge in [0.05, 0.1) is 11.3 Å². The average molecular weight is 309 g/mol. The Bertz CT molecular complexity index is 873. The predicted molar refractivity (Wildman–Crippen MR) is 85.2 cm³/mol. The first-order valence-corrected chi connectivity index (χ1v) is 7.29. The zero-order valence-electron chi connectivity index (χ0n) is 11.3. The van der Waals surface area contributed by atoms with Crippen LogP contribution in [0.4, 0.5) is 0 Å². The minimum atomic E-state index is -0.0521. The number of thiazole rings is 1. The van der Waals surface area contributed by atoms with E-state index in [-0.39, 0.29) is 11.5 Å². The van der Waals surface area contributed by atoms with E-state index < -0.39 is 0 Å². The second kappa shape index (κ2) is 5.76. The molecule has 3 rings (SSSR count). The van der Waals surface area contributed by atoms with E-state index in [2.05, 4.69) is 16.0 Å². The van der Waals surface area contributed by atoms with Crippen molar-refractivity contribution < 1.29 is 10.2 Å². The lowest BCUT2D eigenvalue weighted by Gasteiger charge is -2.01. The zero-order chi connectivity index (χ0) is 15.5. The molecule has 0 aliphatic heterocycles. The summed E-state index contributed by atoms with van der Waals surface area (Å²) in [5.74, 6) is -0.0650. The Hall–Kier alpha value is -3.04. The summed E-state index contributed by atoms with van der Waals surface area (Å²) in [6.07, 6.45) is 3.50. The van der Waals surface area contributed by atoms with Gasteiger partial charge in [0.2, 0.25) is 0 Å². The summed E-state index contributed by atoms with van der Waals surface area (Å²) >= 11 is 1.32. The van der Waals surface area contributed by atoms with Gasteiger partial charge in [-0.2, -0.15) is 5.26 Å².